The van der Waals surface area contributed by atoms with Crippen molar-refractivity contribution < 1.29 is 5.11 Å². The van der Waals surface area contributed by atoms with E-state index in [9.17, 15) is 0 Å². The van der Waals surface area contributed by atoms with Gasteiger partial charge in [-0.1, -0.05) is 0 Å². The fourth-order valence-electron chi connectivity index (χ4n) is 2.37. The number of aliphatic hydroxyl groups is 1. The van der Waals surface area contributed by atoms with Crippen LogP contribution in [0.2, 0.25) is 0 Å². The number of aliphatic hydroxyl groups excluding tert-OH is 1. The van der Waals surface area contributed by atoms with Crippen LogP contribution in [0.4, 0.5) is 5.82 Å². The summed E-state index contributed by atoms with van der Waals surface area (Å²) in [5.74, 6) is 0.690. The van der Waals surface area contributed by atoms with Crippen molar-refractivity contribution in [3.8, 4) is 6.07 Å². The first-order valence-corrected chi connectivity index (χ1v) is 5.96. The summed E-state index contributed by atoms with van der Waals surface area (Å²) in [5, 5.41) is 25.9. The zero-order valence-corrected chi connectivity index (χ0v) is 9.71. The maximum Gasteiger partial charge on any atom is 0.169 e. The van der Waals surface area contributed by atoms with Gasteiger partial charge in [0.2, 0.25) is 0 Å². The summed E-state index contributed by atoms with van der Waals surface area (Å²) in [5.41, 5.74) is 0.580. The highest BCUT2D eigenvalue weighted by molar-refractivity contribution is 5.53. The fourth-order valence-corrected chi connectivity index (χ4v) is 2.37. The lowest BCUT2D eigenvalue weighted by Crippen LogP contribution is -2.31. The van der Waals surface area contributed by atoms with Gasteiger partial charge in [0.15, 0.2) is 5.82 Å². The monoisotopic (exact) mass is 232 g/mol. The molecule has 5 heteroatoms. The van der Waals surface area contributed by atoms with Crippen LogP contribution in [0, 0.1) is 11.3 Å². The van der Waals surface area contributed by atoms with E-state index in [1.54, 1.807) is 12.3 Å². The largest absolute Gasteiger partial charge is 0.396 e. The van der Waals surface area contributed by atoms with E-state index in [1.807, 2.05) is 0 Å². The number of nitriles is 1. The molecule has 1 saturated heterocycles. The van der Waals surface area contributed by atoms with Gasteiger partial charge in [-0.2, -0.15) is 10.4 Å². The second-order valence-electron chi connectivity index (χ2n) is 4.24. The van der Waals surface area contributed by atoms with Gasteiger partial charge in [0.1, 0.15) is 6.07 Å². The lowest BCUT2D eigenvalue weighted by atomic mass is 10.1. The van der Waals surface area contributed by atoms with E-state index in [1.165, 1.54) is 0 Å². The number of hydrogen-bond donors (Lipinski definition) is 1. The van der Waals surface area contributed by atoms with Gasteiger partial charge in [-0.15, -0.1) is 5.10 Å². The molecule has 1 atom stereocenters. The Labute approximate surface area is 101 Å². The standard InChI is InChI=1S/C12H16N4O/c13-9-10-5-6-14-15-12(10)16-7-1-3-11(16)4-2-8-17/h5-6,11,17H,1-4,7-8H2. The number of anilines is 1. The fraction of sp³-hybridized carbons (Fsp3) is 0.583. The minimum atomic E-state index is 0.218. The van der Waals surface area contributed by atoms with Gasteiger partial charge in [-0.3, -0.25) is 0 Å². The van der Waals surface area contributed by atoms with Crippen LogP contribution in [0.25, 0.3) is 0 Å². The van der Waals surface area contributed by atoms with Crippen molar-refractivity contribution >= 4 is 5.82 Å². The third-order valence-corrected chi connectivity index (χ3v) is 3.17. The molecule has 1 fully saturated rings. The molecule has 0 aromatic carbocycles. The highest BCUT2D eigenvalue weighted by Gasteiger charge is 2.27. The molecule has 0 radical (unpaired) electrons. The van der Waals surface area contributed by atoms with Crippen LogP contribution in [0.1, 0.15) is 31.2 Å². The third kappa shape index (κ3) is 2.53. The molecule has 1 aromatic rings. The van der Waals surface area contributed by atoms with Crippen molar-refractivity contribution in [3.05, 3.63) is 17.8 Å². The molecule has 1 unspecified atom stereocenters. The van der Waals surface area contributed by atoms with E-state index in [-0.39, 0.29) is 6.61 Å². The Bertz CT molecular complexity index is 415. The van der Waals surface area contributed by atoms with Crippen LogP contribution in [-0.4, -0.2) is 34.5 Å². The highest BCUT2D eigenvalue weighted by Crippen LogP contribution is 2.28. The Balaban J connectivity index is 2.17. The van der Waals surface area contributed by atoms with E-state index in [0.29, 0.717) is 17.4 Å². The third-order valence-electron chi connectivity index (χ3n) is 3.17. The van der Waals surface area contributed by atoms with Crippen LogP contribution in [0.3, 0.4) is 0 Å². The first-order valence-electron chi connectivity index (χ1n) is 5.96. The maximum atomic E-state index is 9.06. The molecule has 1 aliphatic heterocycles. The lowest BCUT2D eigenvalue weighted by Gasteiger charge is -2.25. The predicted molar refractivity (Wildman–Crippen MR) is 63.4 cm³/mol. The van der Waals surface area contributed by atoms with Crippen molar-refractivity contribution in [1.29, 1.82) is 5.26 Å². The van der Waals surface area contributed by atoms with Gasteiger partial charge < -0.3 is 10.0 Å². The SMILES string of the molecule is N#Cc1ccnnc1N1CCCC1CCCO. The summed E-state index contributed by atoms with van der Waals surface area (Å²) in [6.07, 6.45) is 5.49. The summed E-state index contributed by atoms with van der Waals surface area (Å²) >= 11 is 0. The van der Waals surface area contributed by atoms with Crippen LogP contribution in [0.5, 0.6) is 0 Å². The van der Waals surface area contributed by atoms with Crippen molar-refractivity contribution in [1.82, 2.24) is 10.2 Å². The molecule has 17 heavy (non-hydrogen) atoms. The van der Waals surface area contributed by atoms with E-state index in [0.717, 1.165) is 32.2 Å². The van der Waals surface area contributed by atoms with Gasteiger partial charge in [0, 0.05) is 19.2 Å². The topological polar surface area (TPSA) is 73.0 Å². The smallest absolute Gasteiger partial charge is 0.169 e. The zero-order valence-electron chi connectivity index (χ0n) is 9.71. The Morgan fingerprint density at radius 2 is 2.47 bits per heavy atom. The molecular weight excluding hydrogens is 216 g/mol. The van der Waals surface area contributed by atoms with Gasteiger partial charge in [0.05, 0.1) is 11.8 Å². The molecule has 1 N–H and O–H groups in total. The van der Waals surface area contributed by atoms with Crippen molar-refractivity contribution in [2.24, 2.45) is 0 Å². The normalized spacial score (nSPS) is 19.3. The van der Waals surface area contributed by atoms with Crippen LogP contribution in [0.15, 0.2) is 12.3 Å². The van der Waals surface area contributed by atoms with Gasteiger partial charge in [-0.05, 0) is 31.7 Å². The van der Waals surface area contributed by atoms with Crippen LogP contribution >= 0.6 is 0 Å². The summed E-state index contributed by atoms with van der Waals surface area (Å²) in [4.78, 5) is 2.15. The van der Waals surface area contributed by atoms with E-state index < -0.39 is 0 Å². The van der Waals surface area contributed by atoms with Crippen molar-refractivity contribution in [3.63, 3.8) is 0 Å². The second-order valence-corrected chi connectivity index (χ2v) is 4.24. The molecule has 2 rings (SSSR count). The Morgan fingerprint density at radius 3 is 3.24 bits per heavy atom. The summed E-state index contributed by atoms with van der Waals surface area (Å²) < 4.78 is 0. The molecule has 0 bridgehead atoms. The molecule has 0 spiro atoms. The minimum Gasteiger partial charge on any atom is -0.396 e. The van der Waals surface area contributed by atoms with Crippen LogP contribution < -0.4 is 4.90 Å². The Kier molecular flexibility index (Phi) is 3.89. The second kappa shape index (κ2) is 5.60. The molecule has 1 aliphatic rings. The average Bonchev–Trinajstić information content (AvgIpc) is 2.84. The maximum absolute atomic E-state index is 9.06. The quantitative estimate of drug-likeness (QED) is 0.841. The van der Waals surface area contributed by atoms with E-state index >= 15 is 0 Å². The predicted octanol–water partition coefficient (Wildman–Crippen LogP) is 1.09. The van der Waals surface area contributed by atoms with Crippen molar-refractivity contribution in [2.45, 2.75) is 31.7 Å². The first kappa shape index (κ1) is 11.8. The number of rotatable bonds is 4. The minimum absolute atomic E-state index is 0.218. The lowest BCUT2D eigenvalue weighted by molar-refractivity contribution is 0.279. The summed E-state index contributed by atoms with van der Waals surface area (Å²) in [6, 6.07) is 4.23. The molecule has 1 aromatic heterocycles. The van der Waals surface area contributed by atoms with Crippen LogP contribution in [-0.2, 0) is 0 Å². The molecule has 0 amide bonds. The van der Waals surface area contributed by atoms with Crippen molar-refractivity contribution in [2.75, 3.05) is 18.1 Å². The zero-order chi connectivity index (χ0) is 12.1. The molecule has 0 saturated carbocycles. The van der Waals surface area contributed by atoms with Gasteiger partial charge in [-0.25, -0.2) is 0 Å². The molecular formula is C12H16N4O. The number of nitrogens with zero attached hydrogens (tertiary/aromatic N) is 4. The Hall–Kier alpha value is -1.67. The first-order chi connectivity index (χ1) is 8.36. The highest BCUT2D eigenvalue weighted by atomic mass is 16.2. The molecule has 0 aliphatic carbocycles. The van der Waals surface area contributed by atoms with E-state index in [2.05, 4.69) is 21.2 Å². The van der Waals surface area contributed by atoms with Gasteiger partial charge >= 0.3 is 0 Å². The van der Waals surface area contributed by atoms with Gasteiger partial charge in [0.25, 0.3) is 0 Å². The van der Waals surface area contributed by atoms with E-state index in [4.69, 9.17) is 10.4 Å². The Morgan fingerprint density at radius 1 is 1.59 bits per heavy atom. The summed E-state index contributed by atoms with van der Waals surface area (Å²) in [7, 11) is 0. The summed E-state index contributed by atoms with van der Waals surface area (Å²) in [6.45, 7) is 1.14. The number of hydrogen-bond acceptors (Lipinski definition) is 5. The number of aromatic nitrogens is 2. The average molecular weight is 232 g/mol. The molecule has 5 nitrogen and oxygen atoms in total. The molecule has 2 heterocycles. The molecule has 90 valence electrons.